The lowest BCUT2D eigenvalue weighted by atomic mass is 9.90. The highest BCUT2D eigenvalue weighted by molar-refractivity contribution is 5.21. The molecule has 0 saturated carbocycles. The molecule has 1 fully saturated rings. The molecule has 0 radical (unpaired) electrons. The highest BCUT2D eigenvalue weighted by atomic mass is 16.4. The van der Waals surface area contributed by atoms with Crippen LogP contribution in [0.4, 0.5) is 0 Å². The van der Waals surface area contributed by atoms with Crippen molar-refractivity contribution < 1.29 is 4.74 Å². The van der Waals surface area contributed by atoms with Gasteiger partial charge in [-0.15, -0.1) is 0 Å². The minimum atomic E-state index is 0.168. The van der Waals surface area contributed by atoms with Crippen molar-refractivity contribution in [2.45, 2.75) is 91.6 Å². The first-order valence-electron chi connectivity index (χ1n) is 12.2. The predicted molar refractivity (Wildman–Crippen MR) is 140 cm³/mol. The van der Waals surface area contributed by atoms with Crippen LogP contribution in [0.15, 0.2) is 48.2 Å². The number of nitrogens with zero attached hydrogens (tertiary/aromatic N) is 1. The summed E-state index contributed by atoms with van der Waals surface area (Å²) in [5, 5.41) is 0. The number of methoxy groups -OCH3 is 1. The van der Waals surface area contributed by atoms with Crippen molar-refractivity contribution in [2.24, 2.45) is 17.4 Å². The van der Waals surface area contributed by atoms with E-state index in [4.69, 9.17) is 11.5 Å². The molecule has 1 aliphatic heterocycles. The van der Waals surface area contributed by atoms with Crippen LogP contribution in [0, 0.1) is 5.92 Å². The Morgan fingerprint density at radius 1 is 1.23 bits per heavy atom. The predicted octanol–water partition coefficient (Wildman–Crippen LogP) is 6.20. The van der Waals surface area contributed by atoms with Gasteiger partial charge < -0.3 is 21.1 Å². The molecule has 0 aromatic rings. The summed E-state index contributed by atoms with van der Waals surface area (Å²) < 4.78 is 4.25. The van der Waals surface area contributed by atoms with E-state index in [1.54, 1.807) is 14.2 Å². The molecule has 4 heteroatoms. The molecule has 2 rings (SSSR count). The molecule has 0 bridgehead atoms. The highest BCUT2D eigenvalue weighted by Gasteiger charge is 2.21. The van der Waals surface area contributed by atoms with Crippen LogP contribution in [-0.2, 0) is 4.74 Å². The van der Waals surface area contributed by atoms with Crippen LogP contribution in [-0.4, -0.2) is 44.3 Å². The summed E-state index contributed by atoms with van der Waals surface area (Å²) in [4.78, 5) is 2.65. The van der Waals surface area contributed by atoms with E-state index in [-0.39, 0.29) is 6.04 Å². The Bertz CT molecular complexity index is 501. The Kier molecular flexibility index (Phi) is 22.4. The normalized spacial score (nSPS) is 18.5. The zero-order valence-electron chi connectivity index (χ0n) is 21.7. The number of likely N-dealkylation sites (tertiary alicyclic amines) is 1. The van der Waals surface area contributed by atoms with Crippen molar-refractivity contribution in [1.82, 2.24) is 4.90 Å². The molecule has 182 valence electrons. The van der Waals surface area contributed by atoms with Crippen LogP contribution in [0.25, 0.3) is 0 Å². The number of allylic oxidation sites excluding steroid dienone is 4. The number of hydrogen-bond acceptors (Lipinski definition) is 4. The van der Waals surface area contributed by atoms with Crippen LogP contribution in [0.2, 0.25) is 0 Å². The quantitative estimate of drug-likeness (QED) is 0.423. The molecule has 4 nitrogen and oxygen atoms in total. The van der Waals surface area contributed by atoms with Gasteiger partial charge in [0.2, 0.25) is 0 Å². The van der Waals surface area contributed by atoms with Crippen LogP contribution in [0.3, 0.4) is 0 Å². The highest BCUT2D eigenvalue weighted by Crippen LogP contribution is 2.19. The van der Waals surface area contributed by atoms with Crippen LogP contribution in [0.1, 0.15) is 79.6 Å². The average Bonchev–Trinajstić information content (AvgIpc) is 2.70. The molecule has 1 heterocycles. The van der Waals surface area contributed by atoms with E-state index in [2.05, 4.69) is 42.2 Å². The van der Waals surface area contributed by atoms with Crippen LogP contribution < -0.4 is 11.5 Å². The lowest BCUT2D eigenvalue weighted by Crippen LogP contribution is -2.44. The lowest BCUT2D eigenvalue weighted by Gasteiger charge is -2.38. The standard InChI is InChI=1S/C13H20N2.C10H21N.C2H6O.C2H6/c1-10(2)4-3-5-13(15)11-6-8-12(14)9-7-11;1-3-6-10(7-4-2)11-8-5-9-11;1-3-2;1-2/h3-4,6,8-9,11,13H,1,5,7,14-15H2,2H3;10H,3-9H2,1-2H3;1-2H3;1-2H3/b4-3-;;;. The van der Waals surface area contributed by atoms with E-state index in [0.29, 0.717) is 5.92 Å². The maximum atomic E-state index is 6.08. The van der Waals surface area contributed by atoms with Gasteiger partial charge in [-0.1, -0.05) is 77.0 Å². The fraction of sp³-hybridized carbons (Fsp3) is 0.704. The van der Waals surface area contributed by atoms with Gasteiger partial charge in [0.1, 0.15) is 0 Å². The summed E-state index contributed by atoms with van der Waals surface area (Å²) in [6, 6.07) is 1.08. The van der Waals surface area contributed by atoms with Crippen molar-refractivity contribution in [3.8, 4) is 0 Å². The third-order valence-corrected chi connectivity index (χ3v) is 5.17. The molecule has 2 unspecified atom stereocenters. The van der Waals surface area contributed by atoms with Gasteiger partial charge in [-0.25, -0.2) is 0 Å². The SMILES string of the molecule is C=C(C)/C=C\CC(N)C1C=CC(N)=CC1.CC.CCCC(CCC)N1CCC1.COC. The smallest absolute Gasteiger partial charge is 0.0351 e. The van der Waals surface area contributed by atoms with E-state index in [1.165, 1.54) is 45.2 Å². The lowest BCUT2D eigenvalue weighted by molar-refractivity contribution is 0.104. The number of hydrogen-bond donors (Lipinski definition) is 2. The Hall–Kier alpha value is -1.36. The minimum absolute atomic E-state index is 0.168. The van der Waals surface area contributed by atoms with Crippen LogP contribution >= 0.6 is 0 Å². The monoisotopic (exact) mass is 435 g/mol. The maximum Gasteiger partial charge on any atom is 0.0351 e. The summed E-state index contributed by atoms with van der Waals surface area (Å²) in [5.74, 6) is 0.409. The Morgan fingerprint density at radius 3 is 2.13 bits per heavy atom. The average molecular weight is 436 g/mol. The molecule has 0 spiro atoms. The third kappa shape index (κ3) is 16.9. The van der Waals surface area contributed by atoms with Gasteiger partial charge in [-0.2, -0.15) is 0 Å². The molecular weight excluding hydrogens is 382 g/mol. The molecule has 0 amide bonds. The maximum absolute atomic E-state index is 6.08. The fourth-order valence-corrected chi connectivity index (χ4v) is 3.45. The molecule has 4 N–H and O–H groups in total. The Labute approximate surface area is 194 Å². The number of nitrogens with two attached hydrogens (primary N) is 2. The molecule has 1 saturated heterocycles. The first kappa shape index (κ1) is 31.8. The Balaban J connectivity index is 0. The summed E-state index contributed by atoms with van der Waals surface area (Å²) in [6.07, 6.45) is 19.0. The molecule has 1 aliphatic carbocycles. The Morgan fingerprint density at radius 2 is 1.77 bits per heavy atom. The van der Waals surface area contributed by atoms with E-state index in [0.717, 1.165) is 30.2 Å². The zero-order chi connectivity index (χ0) is 24.1. The summed E-state index contributed by atoms with van der Waals surface area (Å²) in [5.41, 5.74) is 13.6. The molecule has 2 atom stereocenters. The zero-order valence-corrected chi connectivity index (χ0v) is 21.7. The van der Waals surface area contributed by atoms with Crippen LogP contribution in [0.5, 0.6) is 0 Å². The second kappa shape index (κ2) is 21.9. The summed E-state index contributed by atoms with van der Waals surface area (Å²) in [6.45, 7) is 17.1. The van der Waals surface area contributed by atoms with Gasteiger partial charge in [-0.3, -0.25) is 0 Å². The van der Waals surface area contributed by atoms with Gasteiger partial charge in [0.15, 0.2) is 0 Å². The second-order valence-electron chi connectivity index (χ2n) is 8.14. The van der Waals surface area contributed by atoms with E-state index in [9.17, 15) is 0 Å². The fourth-order valence-electron chi connectivity index (χ4n) is 3.45. The van der Waals surface area contributed by atoms with Gasteiger partial charge in [0, 0.05) is 32.0 Å². The second-order valence-corrected chi connectivity index (χ2v) is 8.14. The van der Waals surface area contributed by atoms with E-state index < -0.39 is 0 Å². The van der Waals surface area contributed by atoms with E-state index in [1.807, 2.05) is 39.0 Å². The van der Waals surface area contributed by atoms with Crippen molar-refractivity contribution in [1.29, 1.82) is 0 Å². The van der Waals surface area contributed by atoms with Crippen molar-refractivity contribution in [2.75, 3.05) is 27.3 Å². The summed E-state index contributed by atoms with van der Waals surface area (Å²) >= 11 is 0. The van der Waals surface area contributed by atoms with Gasteiger partial charge in [0.25, 0.3) is 0 Å². The first-order valence-corrected chi connectivity index (χ1v) is 12.2. The molecular formula is C27H53N3O. The van der Waals surface area contributed by atoms with Crippen molar-refractivity contribution >= 4 is 0 Å². The van der Waals surface area contributed by atoms with Crippen molar-refractivity contribution in [3.63, 3.8) is 0 Å². The topological polar surface area (TPSA) is 64.5 Å². The molecule has 0 aromatic heterocycles. The molecule has 31 heavy (non-hydrogen) atoms. The summed E-state index contributed by atoms with van der Waals surface area (Å²) in [7, 11) is 3.25. The molecule has 2 aliphatic rings. The molecule has 0 aromatic carbocycles. The van der Waals surface area contributed by atoms with Gasteiger partial charge in [0.05, 0.1) is 0 Å². The first-order chi connectivity index (χ1) is 14.9. The number of rotatable bonds is 9. The number of ether oxygens (including phenoxy) is 1. The van der Waals surface area contributed by atoms with Gasteiger partial charge in [-0.05, 0) is 64.1 Å². The van der Waals surface area contributed by atoms with E-state index >= 15 is 0 Å². The third-order valence-electron chi connectivity index (χ3n) is 5.17. The van der Waals surface area contributed by atoms with Gasteiger partial charge >= 0.3 is 0 Å². The largest absolute Gasteiger partial charge is 0.399 e. The minimum Gasteiger partial charge on any atom is -0.399 e. The van der Waals surface area contributed by atoms with Crippen molar-refractivity contribution in [3.05, 3.63) is 48.2 Å².